The lowest BCUT2D eigenvalue weighted by atomic mass is 10.1. The minimum atomic E-state index is 0.587. The van der Waals surface area contributed by atoms with Crippen LogP contribution in [-0.2, 0) is 0 Å². The molecule has 30 heavy (non-hydrogen) atoms. The first-order valence-corrected chi connectivity index (χ1v) is 9.63. The lowest BCUT2D eigenvalue weighted by Crippen LogP contribution is -2.08. The lowest BCUT2D eigenvalue weighted by Gasteiger charge is -2.07. The molecule has 0 atom stereocenters. The summed E-state index contributed by atoms with van der Waals surface area (Å²) in [6.45, 7) is 2.05. The van der Waals surface area contributed by atoms with Crippen LogP contribution in [0.15, 0.2) is 82.3 Å². The molecule has 148 valence electrons. The Balaban J connectivity index is 1.62. The minimum absolute atomic E-state index is 0.587. The number of nitrogens with one attached hydrogen (secondary N) is 2. The third-order valence-electron chi connectivity index (χ3n) is 4.94. The summed E-state index contributed by atoms with van der Waals surface area (Å²) in [5.74, 6) is 2.11. The van der Waals surface area contributed by atoms with Crippen molar-refractivity contribution >= 4 is 28.0 Å². The summed E-state index contributed by atoms with van der Waals surface area (Å²) in [4.78, 5) is 7.76. The number of imidazole rings is 1. The first kappa shape index (κ1) is 18.0. The number of H-pyrrole nitrogens is 1. The molecule has 2 heterocycles. The molecule has 2 aromatic heterocycles. The number of hydrogen-bond donors (Lipinski definition) is 2. The fourth-order valence-electron chi connectivity index (χ4n) is 3.39. The van der Waals surface area contributed by atoms with Crippen molar-refractivity contribution in [1.29, 1.82) is 0 Å². The highest BCUT2D eigenvalue weighted by Gasteiger charge is 2.08. The first-order chi connectivity index (χ1) is 14.7. The van der Waals surface area contributed by atoms with Gasteiger partial charge in [0.15, 0.2) is 0 Å². The lowest BCUT2D eigenvalue weighted by molar-refractivity contribution is 0.415. The third kappa shape index (κ3) is 3.39. The highest BCUT2D eigenvalue weighted by Crippen LogP contribution is 2.25. The van der Waals surface area contributed by atoms with E-state index in [0.29, 0.717) is 5.95 Å². The predicted molar refractivity (Wildman–Crippen MR) is 118 cm³/mol. The number of benzene rings is 3. The van der Waals surface area contributed by atoms with Crippen LogP contribution < -0.4 is 15.5 Å². The summed E-state index contributed by atoms with van der Waals surface area (Å²) in [5.41, 5.74) is 7.74. The van der Waals surface area contributed by atoms with Gasteiger partial charge >= 0.3 is 0 Å². The van der Waals surface area contributed by atoms with Gasteiger partial charge in [0, 0.05) is 17.0 Å². The van der Waals surface area contributed by atoms with Crippen LogP contribution in [0.4, 0.5) is 5.95 Å². The SMILES string of the molecule is COc1ccc(-c2c/c(=N\Nc3nc4ccccc4[nH]3)c3cc(C)ccc3o2)cc1. The maximum atomic E-state index is 6.17. The Morgan fingerprint density at radius 3 is 2.63 bits per heavy atom. The van der Waals surface area contributed by atoms with E-state index in [9.17, 15) is 0 Å². The van der Waals surface area contributed by atoms with E-state index in [4.69, 9.17) is 9.15 Å². The number of fused-ring (bicyclic) bond motifs is 2. The normalized spacial score (nSPS) is 11.9. The van der Waals surface area contributed by atoms with E-state index < -0.39 is 0 Å². The molecule has 0 bridgehead atoms. The zero-order valence-corrected chi connectivity index (χ0v) is 16.6. The summed E-state index contributed by atoms with van der Waals surface area (Å²) in [5, 5.41) is 6.33. The van der Waals surface area contributed by atoms with Gasteiger partial charge in [-0.2, -0.15) is 5.10 Å². The van der Waals surface area contributed by atoms with Crippen molar-refractivity contribution in [3.05, 3.63) is 83.7 Å². The quantitative estimate of drug-likeness (QED) is 0.408. The zero-order chi connectivity index (χ0) is 20.5. The average Bonchev–Trinajstić information content (AvgIpc) is 3.20. The van der Waals surface area contributed by atoms with Gasteiger partial charge in [-0.25, -0.2) is 10.4 Å². The number of rotatable bonds is 4. The number of aryl methyl sites for hydroxylation is 1. The molecule has 0 saturated carbocycles. The summed E-state index contributed by atoms with van der Waals surface area (Å²) in [7, 11) is 1.65. The van der Waals surface area contributed by atoms with Crippen LogP contribution in [-0.4, -0.2) is 17.1 Å². The highest BCUT2D eigenvalue weighted by atomic mass is 16.5. The van der Waals surface area contributed by atoms with E-state index in [1.165, 1.54) is 0 Å². The van der Waals surface area contributed by atoms with Gasteiger partial charge in [-0.15, -0.1) is 0 Å². The number of aromatic amines is 1. The van der Waals surface area contributed by atoms with Gasteiger partial charge < -0.3 is 14.1 Å². The van der Waals surface area contributed by atoms with Crippen molar-refractivity contribution in [1.82, 2.24) is 9.97 Å². The van der Waals surface area contributed by atoms with Gasteiger partial charge in [-0.05, 0) is 55.5 Å². The summed E-state index contributed by atoms with van der Waals surface area (Å²) in [6, 6.07) is 23.6. The molecule has 0 aliphatic heterocycles. The van der Waals surface area contributed by atoms with Crippen LogP contribution in [0.1, 0.15) is 5.56 Å². The van der Waals surface area contributed by atoms with Crippen LogP contribution in [0.25, 0.3) is 33.3 Å². The number of anilines is 1. The van der Waals surface area contributed by atoms with Crippen LogP contribution in [0.2, 0.25) is 0 Å². The van der Waals surface area contributed by atoms with Crippen molar-refractivity contribution < 1.29 is 9.15 Å². The molecule has 2 N–H and O–H groups in total. The number of para-hydroxylation sites is 2. The van der Waals surface area contributed by atoms with Crippen molar-refractivity contribution in [2.24, 2.45) is 5.10 Å². The highest BCUT2D eigenvalue weighted by molar-refractivity contribution is 5.79. The van der Waals surface area contributed by atoms with Crippen molar-refractivity contribution in [3.8, 4) is 17.1 Å². The average molecular weight is 396 g/mol. The Kier molecular flexibility index (Phi) is 4.44. The largest absolute Gasteiger partial charge is 0.497 e. The molecule has 0 unspecified atom stereocenters. The molecule has 0 amide bonds. The molecule has 5 aromatic rings. The fraction of sp³-hybridized carbons (Fsp3) is 0.0833. The second kappa shape index (κ2) is 7.40. The van der Waals surface area contributed by atoms with E-state index in [1.54, 1.807) is 7.11 Å². The molecule has 0 saturated heterocycles. The zero-order valence-electron chi connectivity index (χ0n) is 16.6. The van der Waals surface area contributed by atoms with Gasteiger partial charge in [-0.1, -0.05) is 23.8 Å². The smallest absolute Gasteiger partial charge is 0.222 e. The number of aromatic nitrogens is 2. The van der Waals surface area contributed by atoms with Crippen molar-refractivity contribution in [3.63, 3.8) is 0 Å². The Hall–Kier alpha value is -4.06. The van der Waals surface area contributed by atoms with Crippen LogP contribution in [0.5, 0.6) is 5.75 Å². The standard InChI is InChI=1S/C24H20N4O2/c1-15-7-12-22-18(13-15)21(14-23(30-22)16-8-10-17(29-2)11-9-16)27-28-24-25-19-5-3-4-6-20(19)26-24/h3-14H,1-2H3,(H2,25,26,28)/b27-21+. The van der Waals surface area contributed by atoms with Crippen molar-refractivity contribution in [2.45, 2.75) is 6.92 Å². The van der Waals surface area contributed by atoms with E-state index >= 15 is 0 Å². The van der Waals surface area contributed by atoms with E-state index in [0.717, 1.165) is 50.0 Å². The van der Waals surface area contributed by atoms with Gasteiger partial charge in [0.1, 0.15) is 17.1 Å². The Morgan fingerprint density at radius 1 is 1.00 bits per heavy atom. The van der Waals surface area contributed by atoms with Crippen LogP contribution >= 0.6 is 0 Å². The van der Waals surface area contributed by atoms with E-state index in [-0.39, 0.29) is 0 Å². The maximum absolute atomic E-state index is 6.17. The molecule has 0 spiro atoms. The maximum Gasteiger partial charge on any atom is 0.222 e. The Labute approximate surface area is 172 Å². The number of nitrogens with zero attached hydrogens (tertiary/aromatic N) is 2. The fourth-order valence-corrected chi connectivity index (χ4v) is 3.39. The van der Waals surface area contributed by atoms with Crippen LogP contribution in [0, 0.1) is 6.92 Å². The third-order valence-corrected chi connectivity index (χ3v) is 4.94. The predicted octanol–water partition coefficient (Wildman–Crippen LogP) is 5.22. The summed E-state index contributed by atoms with van der Waals surface area (Å²) < 4.78 is 11.4. The molecule has 0 fully saturated rings. The minimum Gasteiger partial charge on any atom is -0.497 e. The molecule has 5 rings (SSSR count). The second-order valence-electron chi connectivity index (χ2n) is 7.05. The van der Waals surface area contributed by atoms with Gasteiger partial charge in [0.25, 0.3) is 0 Å². The molecular formula is C24H20N4O2. The number of methoxy groups -OCH3 is 1. The molecular weight excluding hydrogens is 376 g/mol. The first-order valence-electron chi connectivity index (χ1n) is 9.63. The molecule has 6 nitrogen and oxygen atoms in total. The van der Waals surface area contributed by atoms with Gasteiger partial charge in [-0.3, -0.25) is 0 Å². The van der Waals surface area contributed by atoms with Gasteiger partial charge in [0.2, 0.25) is 5.95 Å². The Morgan fingerprint density at radius 2 is 1.83 bits per heavy atom. The molecule has 0 aliphatic carbocycles. The summed E-state index contributed by atoms with van der Waals surface area (Å²) >= 11 is 0. The Bertz CT molecular complexity index is 1380. The molecule has 0 radical (unpaired) electrons. The van der Waals surface area contributed by atoms with Crippen LogP contribution in [0.3, 0.4) is 0 Å². The number of hydrogen-bond acceptors (Lipinski definition) is 5. The molecule has 0 aliphatic rings. The molecule has 6 heteroatoms. The number of ether oxygens (including phenoxy) is 1. The molecule has 3 aromatic carbocycles. The second-order valence-corrected chi connectivity index (χ2v) is 7.05. The monoisotopic (exact) mass is 396 g/mol. The summed E-state index contributed by atoms with van der Waals surface area (Å²) in [6.07, 6.45) is 0. The van der Waals surface area contributed by atoms with Crippen molar-refractivity contribution in [2.75, 3.05) is 12.5 Å². The van der Waals surface area contributed by atoms with Gasteiger partial charge in [0.05, 0.1) is 23.5 Å². The van der Waals surface area contributed by atoms with E-state index in [1.807, 2.05) is 73.7 Å². The van der Waals surface area contributed by atoms with E-state index in [2.05, 4.69) is 26.6 Å². The topological polar surface area (TPSA) is 75.4 Å².